The molecule has 0 aliphatic heterocycles. The van der Waals surface area contributed by atoms with Crippen LogP contribution < -0.4 is 19.5 Å². The highest BCUT2D eigenvalue weighted by Gasteiger charge is 2.21. The van der Waals surface area contributed by atoms with E-state index in [2.05, 4.69) is 10.0 Å². The Labute approximate surface area is 184 Å². The Morgan fingerprint density at radius 3 is 2.39 bits per heavy atom. The van der Waals surface area contributed by atoms with Crippen molar-refractivity contribution >= 4 is 15.9 Å². The third-order valence-electron chi connectivity index (χ3n) is 5.02. The number of nitrogens with one attached hydrogen (secondary N) is 2. The Morgan fingerprint density at radius 1 is 1.06 bits per heavy atom. The maximum atomic E-state index is 12.9. The van der Waals surface area contributed by atoms with E-state index in [0.29, 0.717) is 35.8 Å². The molecule has 170 valence electrons. The predicted octanol–water partition coefficient (Wildman–Crippen LogP) is 2.74. The Balaban J connectivity index is 2.24. The number of carbonyl (C=O) groups is 1. The molecule has 0 aliphatic rings. The van der Waals surface area contributed by atoms with E-state index in [-0.39, 0.29) is 22.4 Å². The molecule has 9 heteroatoms. The van der Waals surface area contributed by atoms with Crippen LogP contribution in [-0.4, -0.2) is 48.8 Å². The van der Waals surface area contributed by atoms with E-state index in [1.165, 1.54) is 13.1 Å². The highest BCUT2D eigenvalue weighted by atomic mass is 32.2. The van der Waals surface area contributed by atoms with Gasteiger partial charge in [-0.3, -0.25) is 4.79 Å². The van der Waals surface area contributed by atoms with Gasteiger partial charge >= 0.3 is 0 Å². The number of rotatable bonds is 10. The second kappa shape index (κ2) is 10.6. The zero-order valence-corrected chi connectivity index (χ0v) is 19.6. The van der Waals surface area contributed by atoms with Crippen LogP contribution in [0.4, 0.5) is 0 Å². The Bertz CT molecular complexity index is 1040. The third kappa shape index (κ3) is 5.96. The van der Waals surface area contributed by atoms with Crippen molar-refractivity contribution in [1.29, 1.82) is 0 Å². The van der Waals surface area contributed by atoms with Crippen molar-refractivity contribution in [2.45, 2.75) is 31.7 Å². The summed E-state index contributed by atoms with van der Waals surface area (Å²) in [6.45, 7) is 6.18. The zero-order valence-electron chi connectivity index (χ0n) is 18.7. The summed E-state index contributed by atoms with van der Waals surface area (Å²) in [5.74, 6) is 0.753. The predicted molar refractivity (Wildman–Crippen MR) is 118 cm³/mol. The van der Waals surface area contributed by atoms with E-state index in [9.17, 15) is 13.2 Å². The van der Waals surface area contributed by atoms with Gasteiger partial charge in [-0.05, 0) is 68.8 Å². The molecule has 0 spiro atoms. The number of amides is 1. The van der Waals surface area contributed by atoms with Gasteiger partial charge in [0, 0.05) is 12.7 Å². The molecule has 0 saturated heterocycles. The van der Waals surface area contributed by atoms with E-state index in [1.54, 1.807) is 46.3 Å². The van der Waals surface area contributed by atoms with Crippen LogP contribution in [0.1, 0.15) is 40.0 Å². The molecule has 2 aromatic rings. The van der Waals surface area contributed by atoms with Crippen molar-refractivity contribution in [2.75, 3.05) is 34.5 Å². The lowest BCUT2D eigenvalue weighted by Crippen LogP contribution is -2.27. The minimum Gasteiger partial charge on any atom is -0.493 e. The van der Waals surface area contributed by atoms with Crippen LogP contribution in [0.25, 0.3) is 0 Å². The molecule has 0 saturated carbocycles. The molecular formula is C22H30N2O6S. The highest BCUT2D eigenvalue weighted by Crippen LogP contribution is 2.30. The first-order valence-corrected chi connectivity index (χ1v) is 11.3. The van der Waals surface area contributed by atoms with Crippen molar-refractivity contribution in [3.63, 3.8) is 0 Å². The third-order valence-corrected chi connectivity index (χ3v) is 6.56. The van der Waals surface area contributed by atoms with E-state index >= 15 is 0 Å². The number of carbonyl (C=O) groups excluding carboxylic acids is 1. The topological polar surface area (TPSA) is 103 Å². The van der Waals surface area contributed by atoms with Gasteiger partial charge < -0.3 is 19.5 Å². The van der Waals surface area contributed by atoms with Gasteiger partial charge in [0.15, 0.2) is 11.5 Å². The minimum atomic E-state index is -3.68. The monoisotopic (exact) mass is 450 g/mol. The molecular weight excluding hydrogens is 420 g/mol. The van der Waals surface area contributed by atoms with Crippen LogP contribution in [0.5, 0.6) is 11.5 Å². The summed E-state index contributed by atoms with van der Waals surface area (Å²) in [6.07, 6.45) is 0. The minimum absolute atomic E-state index is 0.0898. The van der Waals surface area contributed by atoms with Crippen LogP contribution in [-0.2, 0) is 14.8 Å². The summed E-state index contributed by atoms with van der Waals surface area (Å²) < 4.78 is 42.9. The lowest BCUT2D eigenvalue weighted by molar-refractivity contribution is 0.0939. The fourth-order valence-electron chi connectivity index (χ4n) is 3.02. The molecule has 2 N–H and O–H groups in total. The standard InChI is InChI=1S/C22H30N2O6S/c1-14-11-18(13-21(15(14)2)31(26,27)23-4)22(25)24-16(3)17-7-8-19(20(12-17)29-6)30-10-9-28-5/h7-8,11-13,16,23H,9-10H2,1-6H3,(H,24,25). The van der Waals surface area contributed by atoms with Gasteiger partial charge in [0.2, 0.25) is 10.0 Å². The average molecular weight is 451 g/mol. The van der Waals surface area contributed by atoms with E-state index in [4.69, 9.17) is 14.2 Å². The molecule has 2 aromatic carbocycles. The number of aryl methyl sites for hydroxylation is 1. The van der Waals surface area contributed by atoms with Crippen LogP contribution >= 0.6 is 0 Å². The molecule has 0 radical (unpaired) electrons. The molecule has 0 fully saturated rings. The number of sulfonamides is 1. The smallest absolute Gasteiger partial charge is 0.251 e. The van der Waals surface area contributed by atoms with E-state index in [1.807, 2.05) is 13.0 Å². The number of ether oxygens (including phenoxy) is 3. The zero-order chi connectivity index (χ0) is 23.2. The van der Waals surface area contributed by atoms with E-state index < -0.39 is 10.0 Å². The quantitative estimate of drug-likeness (QED) is 0.540. The molecule has 2 rings (SSSR count). The number of benzene rings is 2. The van der Waals surface area contributed by atoms with E-state index in [0.717, 1.165) is 5.56 Å². The number of hydrogen-bond acceptors (Lipinski definition) is 6. The van der Waals surface area contributed by atoms with Crippen molar-refractivity contribution < 1.29 is 27.4 Å². The molecule has 0 bridgehead atoms. The fourth-order valence-corrected chi connectivity index (χ4v) is 4.08. The second-order valence-electron chi connectivity index (χ2n) is 7.07. The summed E-state index contributed by atoms with van der Waals surface area (Å²) >= 11 is 0. The van der Waals surface area contributed by atoms with Gasteiger partial charge in [0.05, 0.1) is 24.7 Å². The van der Waals surface area contributed by atoms with Crippen molar-refractivity contribution in [3.05, 3.63) is 52.6 Å². The number of methoxy groups -OCH3 is 2. The summed E-state index contributed by atoms with van der Waals surface area (Å²) in [6, 6.07) is 8.14. The van der Waals surface area contributed by atoms with Crippen molar-refractivity contribution in [3.8, 4) is 11.5 Å². The number of hydrogen-bond donors (Lipinski definition) is 2. The SMILES string of the molecule is CNS(=O)(=O)c1cc(C(=O)NC(C)c2ccc(OCCOC)c(OC)c2)cc(C)c1C. The molecule has 31 heavy (non-hydrogen) atoms. The van der Waals surface area contributed by atoms with Crippen molar-refractivity contribution in [2.24, 2.45) is 0 Å². The molecule has 8 nitrogen and oxygen atoms in total. The van der Waals surface area contributed by atoms with Gasteiger partial charge in [-0.2, -0.15) is 0 Å². The normalized spacial score (nSPS) is 12.3. The summed E-state index contributed by atoms with van der Waals surface area (Å²) in [4.78, 5) is 12.9. The Hall–Kier alpha value is -2.62. The Kier molecular flexibility index (Phi) is 8.43. The maximum Gasteiger partial charge on any atom is 0.251 e. The fraction of sp³-hybridized carbons (Fsp3) is 0.409. The first-order valence-electron chi connectivity index (χ1n) is 9.80. The first-order chi connectivity index (χ1) is 14.6. The maximum absolute atomic E-state index is 12.9. The summed E-state index contributed by atoms with van der Waals surface area (Å²) in [7, 11) is 0.805. The molecule has 1 unspecified atom stereocenters. The first kappa shape index (κ1) is 24.6. The Morgan fingerprint density at radius 2 is 1.77 bits per heavy atom. The second-order valence-corrected chi connectivity index (χ2v) is 8.93. The van der Waals surface area contributed by atoms with Crippen LogP contribution in [0.2, 0.25) is 0 Å². The van der Waals surface area contributed by atoms with Crippen molar-refractivity contribution in [1.82, 2.24) is 10.0 Å². The van der Waals surface area contributed by atoms with Gasteiger partial charge in [0.25, 0.3) is 5.91 Å². The van der Waals surface area contributed by atoms with Gasteiger partial charge in [-0.1, -0.05) is 6.07 Å². The molecule has 1 atom stereocenters. The van der Waals surface area contributed by atoms with Crippen LogP contribution in [0.3, 0.4) is 0 Å². The summed E-state index contributed by atoms with van der Waals surface area (Å²) in [5.41, 5.74) is 2.41. The van der Waals surface area contributed by atoms with Crippen LogP contribution in [0.15, 0.2) is 35.2 Å². The average Bonchev–Trinajstić information content (AvgIpc) is 2.75. The van der Waals surface area contributed by atoms with Gasteiger partial charge in [-0.15, -0.1) is 0 Å². The highest BCUT2D eigenvalue weighted by molar-refractivity contribution is 7.89. The molecule has 0 heterocycles. The summed E-state index contributed by atoms with van der Waals surface area (Å²) in [5, 5.41) is 2.91. The molecule has 0 aromatic heterocycles. The molecule has 0 aliphatic carbocycles. The van der Waals surface area contributed by atoms with Crippen LogP contribution in [0, 0.1) is 13.8 Å². The lowest BCUT2D eigenvalue weighted by Gasteiger charge is -2.18. The van der Waals surface area contributed by atoms with Gasteiger partial charge in [0.1, 0.15) is 6.61 Å². The largest absolute Gasteiger partial charge is 0.493 e. The molecule has 1 amide bonds. The van der Waals surface area contributed by atoms with Gasteiger partial charge in [-0.25, -0.2) is 13.1 Å². The lowest BCUT2D eigenvalue weighted by atomic mass is 10.0.